The Morgan fingerprint density at radius 3 is 2.78 bits per heavy atom. The van der Waals surface area contributed by atoms with Crippen LogP contribution >= 0.6 is 35.0 Å². The third-order valence-electron chi connectivity index (χ3n) is 3.59. The van der Waals surface area contributed by atoms with Crippen molar-refractivity contribution < 1.29 is 9.18 Å². The van der Waals surface area contributed by atoms with Gasteiger partial charge in [0.05, 0.1) is 5.75 Å². The number of aryl methyl sites for hydroxylation is 1. The average molecular weight is 426 g/mol. The van der Waals surface area contributed by atoms with E-state index in [1.54, 1.807) is 19.1 Å². The Bertz CT molecular complexity index is 982. The first kappa shape index (κ1) is 19.6. The minimum atomic E-state index is -0.491. The van der Waals surface area contributed by atoms with Crippen molar-refractivity contribution in [2.24, 2.45) is 0 Å². The third-order valence-corrected chi connectivity index (χ3v) is 5.16. The molecule has 27 heavy (non-hydrogen) atoms. The van der Waals surface area contributed by atoms with Gasteiger partial charge in [0.2, 0.25) is 5.91 Å². The largest absolute Gasteiger partial charge is 0.325 e. The summed E-state index contributed by atoms with van der Waals surface area (Å²) in [7, 11) is 0. The number of tetrazole rings is 1. The van der Waals surface area contributed by atoms with Gasteiger partial charge in [0.1, 0.15) is 11.5 Å². The lowest BCUT2D eigenvalue weighted by Gasteiger charge is -2.09. The fraction of sp³-hybridized carbons (Fsp3) is 0.176. The minimum absolute atomic E-state index is 0.163. The van der Waals surface area contributed by atoms with E-state index in [-0.39, 0.29) is 17.3 Å². The van der Waals surface area contributed by atoms with Crippen molar-refractivity contribution in [3.63, 3.8) is 0 Å². The predicted molar refractivity (Wildman–Crippen MR) is 105 cm³/mol. The van der Waals surface area contributed by atoms with Crippen molar-refractivity contribution >= 4 is 46.6 Å². The monoisotopic (exact) mass is 425 g/mol. The van der Waals surface area contributed by atoms with Gasteiger partial charge in [0, 0.05) is 21.5 Å². The van der Waals surface area contributed by atoms with Crippen LogP contribution < -0.4 is 5.32 Å². The first-order valence-corrected chi connectivity index (χ1v) is 9.71. The van der Waals surface area contributed by atoms with Gasteiger partial charge in [0.15, 0.2) is 5.82 Å². The molecule has 1 aromatic heterocycles. The second kappa shape index (κ2) is 8.69. The number of halogens is 3. The molecule has 0 atom stereocenters. The van der Waals surface area contributed by atoms with E-state index in [4.69, 9.17) is 23.2 Å². The summed E-state index contributed by atoms with van der Waals surface area (Å²) in [5.74, 6) is 0.524. The summed E-state index contributed by atoms with van der Waals surface area (Å²) >= 11 is 13.4. The fourth-order valence-electron chi connectivity index (χ4n) is 2.30. The van der Waals surface area contributed by atoms with Crippen LogP contribution in [0.3, 0.4) is 0 Å². The second-order valence-corrected chi connectivity index (χ2v) is 7.41. The van der Waals surface area contributed by atoms with Gasteiger partial charge >= 0.3 is 0 Å². The molecule has 1 N–H and O–H groups in total. The Hall–Kier alpha value is -2.16. The number of carbonyl (C=O) groups excluding carboxylic acids is 1. The molecule has 0 spiro atoms. The first-order chi connectivity index (χ1) is 12.9. The van der Waals surface area contributed by atoms with Gasteiger partial charge in [-0.15, -0.1) is 16.9 Å². The number of aromatic nitrogens is 4. The fourth-order valence-corrected chi connectivity index (χ4v) is 3.68. The molecule has 0 saturated carbocycles. The molecular weight excluding hydrogens is 412 g/mol. The summed E-state index contributed by atoms with van der Waals surface area (Å²) in [6, 6.07) is 9.47. The highest BCUT2D eigenvalue weighted by Gasteiger charge is 2.12. The molecule has 0 radical (unpaired) electrons. The number of nitrogens with one attached hydrogen (secondary N) is 1. The highest BCUT2D eigenvalue weighted by molar-refractivity contribution is 7.99. The highest BCUT2D eigenvalue weighted by atomic mass is 35.5. The number of amides is 1. The molecule has 6 nitrogen and oxygen atoms in total. The maximum absolute atomic E-state index is 14.1. The Morgan fingerprint density at radius 1 is 1.26 bits per heavy atom. The number of hydrogen-bond acceptors (Lipinski definition) is 5. The molecule has 0 saturated heterocycles. The zero-order chi connectivity index (χ0) is 19.4. The van der Waals surface area contributed by atoms with E-state index >= 15 is 0 Å². The molecule has 3 aromatic rings. The Labute approximate surface area is 169 Å². The van der Waals surface area contributed by atoms with Crippen LogP contribution in [0.2, 0.25) is 10.0 Å². The molecule has 3 rings (SSSR count). The quantitative estimate of drug-likeness (QED) is 0.637. The SMILES string of the molecule is Cc1nnnn1-c1cc(NC(=O)CSCc2ccc(Cl)cc2Cl)ccc1F. The van der Waals surface area contributed by atoms with E-state index in [1.165, 1.54) is 34.6 Å². The molecule has 2 aromatic carbocycles. The number of benzene rings is 2. The Balaban J connectivity index is 1.60. The topological polar surface area (TPSA) is 72.7 Å². The van der Waals surface area contributed by atoms with Gasteiger partial charge in [-0.2, -0.15) is 4.68 Å². The van der Waals surface area contributed by atoms with E-state index in [9.17, 15) is 9.18 Å². The lowest BCUT2D eigenvalue weighted by Crippen LogP contribution is -2.15. The predicted octanol–water partition coefficient (Wildman–Crippen LogP) is 4.29. The van der Waals surface area contributed by atoms with E-state index in [0.29, 0.717) is 27.3 Å². The van der Waals surface area contributed by atoms with Crippen LogP contribution in [0.4, 0.5) is 10.1 Å². The lowest BCUT2D eigenvalue weighted by atomic mass is 10.2. The van der Waals surface area contributed by atoms with Crippen molar-refractivity contribution in [3.8, 4) is 5.69 Å². The Morgan fingerprint density at radius 2 is 2.07 bits per heavy atom. The van der Waals surface area contributed by atoms with Gasteiger partial charge < -0.3 is 5.32 Å². The van der Waals surface area contributed by atoms with E-state index in [0.717, 1.165) is 5.56 Å². The number of carbonyl (C=O) groups is 1. The number of thioether (sulfide) groups is 1. The van der Waals surface area contributed by atoms with Crippen LogP contribution in [0.15, 0.2) is 36.4 Å². The lowest BCUT2D eigenvalue weighted by molar-refractivity contribution is -0.113. The van der Waals surface area contributed by atoms with Gasteiger partial charge in [-0.3, -0.25) is 4.79 Å². The summed E-state index contributed by atoms with van der Waals surface area (Å²) in [6.07, 6.45) is 0. The van der Waals surface area contributed by atoms with Gasteiger partial charge in [-0.1, -0.05) is 29.3 Å². The molecule has 0 aliphatic rings. The van der Waals surface area contributed by atoms with Crippen LogP contribution in [0, 0.1) is 12.7 Å². The third kappa shape index (κ3) is 4.97. The first-order valence-electron chi connectivity index (χ1n) is 7.80. The van der Waals surface area contributed by atoms with Crippen LogP contribution in [0.25, 0.3) is 5.69 Å². The van der Waals surface area contributed by atoms with Crippen molar-refractivity contribution in [1.29, 1.82) is 0 Å². The summed E-state index contributed by atoms with van der Waals surface area (Å²) in [6.45, 7) is 1.66. The summed E-state index contributed by atoms with van der Waals surface area (Å²) < 4.78 is 15.3. The van der Waals surface area contributed by atoms with Crippen LogP contribution in [-0.2, 0) is 10.5 Å². The van der Waals surface area contributed by atoms with E-state index in [2.05, 4.69) is 20.8 Å². The summed E-state index contributed by atoms with van der Waals surface area (Å²) in [5, 5.41) is 14.8. The molecule has 1 heterocycles. The van der Waals surface area contributed by atoms with E-state index in [1.807, 2.05) is 6.07 Å². The molecule has 0 bridgehead atoms. The summed E-state index contributed by atoms with van der Waals surface area (Å²) in [5.41, 5.74) is 1.52. The summed E-state index contributed by atoms with van der Waals surface area (Å²) in [4.78, 5) is 12.2. The van der Waals surface area contributed by atoms with Crippen molar-refractivity contribution in [1.82, 2.24) is 20.2 Å². The number of rotatable bonds is 6. The van der Waals surface area contributed by atoms with E-state index < -0.39 is 5.82 Å². The molecule has 0 unspecified atom stereocenters. The smallest absolute Gasteiger partial charge is 0.234 e. The normalized spacial score (nSPS) is 10.8. The van der Waals surface area contributed by atoms with Gasteiger partial charge in [-0.25, -0.2) is 4.39 Å². The number of nitrogens with zero attached hydrogens (tertiary/aromatic N) is 4. The maximum Gasteiger partial charge on any atom is 0.234 e. The number of hydrogen-bond donors (Lipinski definition) is 1. The second-order valence-electron chi connectivity index (χ2n) is 5.58. The molecule has 10 heteroatoms. The molecular formula is C17H14Cl2FN5OS. The van der Waals surface area contributed by atoms with Gasteiger partial charge in [0.25, 0.3) is 0 Å². The van der Waals surface area contributed by atoms with Crippen molar-refractivity contribution in [2.45, 2.75) is 12.7 Å². The molecule has 140 valence electrons. The zero-order valence-electron chi connectivity index (χ0n) is 14.1. The molecule has 0 aliphatic carbocycles. The van der Waals surface area contributed by atoms with Crippen LogP contribution in [-0.4, -0.2) is 31.9 Å². The maximum atomic E-state index is 14.1. The zero-order valence-corrected chi connectivity index (χ0v) is 16.4. The number of anilines is 1. The minimum Gasteiger partial charge on any atom is -0.325 e. The van der Waals surface area contributed by atoms with Crippen LogP contribution in [0.5, 0.6) is 0 Å². The molecule has 1 amide bonds. The van der Waals surface area contributed by atoms with Crippen LogP contribution in [0.1, 0.15) is 11.4 Å². The standard InChI is InChI=1S/C17H14Cl2FN5OS/c1-10-22-23-24-25(10)16-7-13(4-5-15(16)20)21-17(26)9-27-8-11-2-3-12(18)6-14(11)19/h2-7H,8-9H2,1H3,(H,21,26). The molecule has 0 aliphatic heterocycles. The average Bonchev–Trinajstić information content (AvgIpc) is 3.04. The van der Waals surface area contributed by atoms with Crippen molar-refractivity contribution in [2.75, 3.05) is 11.1 Å². The van der Waals surface area contributed by atoms with Crippen molar-refractivity contribution in [3.05, 3.63) is 63.6 Å². The Kier molecular flexibility index (Phi) is 6.30. The van der Waals surface area contributed by atoms with Gasteiger partial charge in [-0.05, 0) is 53.2 Å². The molecule has 0 fully saturated rings. The highest BCUT2D eigenvalue weighted by Crippen LogP contribution is 2.25.